The van der Waals surface area contributed by atoms with Crippen molar-refractivity contribution in [2.45, 2.75) is 46.1 Å². The summed E-state index contributed by atoms with van der Waals surface area (Å²) in [5.74, 6) is -1.30. The van der Waals surface area contributed by atoms with Gasteiger partial charge in [0.25, 0.3) is 5.91 Å². The molecule has 0 aliphatic rings. The van der Waals surface area contributed by atoms with E-state index in [2.05, 4.69) is 24.0 Å². The van der Waals surface area contributed by atoms with Crippen LogP contribution in [0.15, 0.2) is 29.1 Å². The van der Waals surface area contributed by atoms with Gasteiger partial charge in [-0.25, -0.2) is 10.3 Å². The van der Waals surface area contributed by atoms with Crippen molar-refractivity contribution in [2.24, 2.45) is 5.92 Å². The SMILES string of the molecule is CCc1ccc(CCc2[nH]c(=O)n(C(C(=O)NO)C(C)C)c2O)cc1. The van der Waals surface area contributed by atoms with Crippen LogP contribution in [0, 0.1) is 5.92 Å². The molecule has 0 saturated carbocycles. The van der Waals surface area contributed by atoms with Gasteiger partial charge in [0.15, 0.2) is 0 Å². The molecule has 0 bridgehead atoms. The number of hydrogen-bond donors (Lipinski definition) is 4. The van der Waals surface area contributed by atoms with Crippen LogP contribution in [0.1, 0.15) is 43.6 Å². The largest absolute Gasteiger partial charge is 0.493 e. The molecule has 2 rings (SSSR count). The van der Waals surface area contributed by atoms with E-state index in [1.54, 1.807) is 19.3 Å². The molecule has 0 aliphatic heterocycles. The summed E-state index contributed by atoms with van der Waals surface area (Å²) < 4.78 is 0.992. The van der Waals surface area contributed by atoms with Crippen LogP contribution < -0.4 is 11.2 Å². The Labute approximate surface area is 146 Å². The fourth-order valence-electron chi connectivity index (χ4n) is 2.91. The van der Waals surface area contributed by atoms with E-state index >= 15 is 0 Å². The summed E-state index contributed by atoms with van der Waals surface area (Å²) >= 11 is 0. The van der Waals surface area contributed by atoms with Crippen LogP contribution in [-0.4, -0.2) is 25.8 Å². The quantitative estimate of drug-likeness (QED) is 0.453. The Balaban J connectivity index is 2.23. The second-order valence-electron chi connectivity index (χ2n) is 6.44. The molecule has 136 valence electrons. The summed E-state index contributed by atoms with van der Waals surface area (Å²) in [6.07, 6.45) is 2.06. The zero-order valence-corrected chi connectivity index (χ0v) is 14.7. The first kappa shape index (κ1) is 18.8. The number of aromatic hydroxyl groups is 1. The van der Waals surface area contributed by atoms with Gasteiger partial charge in [-0.2, -0.15) is 0 Å². The number of aryl methyl sites for hydroxylation is 3. The number of amides is 1. The van der Waals surface area contributed by atoms with Crippen molar-refractivity contribution >= 4 is 5.91 Å². The molecule has 7 nitrogen and oxygen atoms in total. The van der Waals surface area contributed by atoms with Crippen molar-refractivity contribution in [2.75, 3.05) is 0 Å². The van der Waals surface area contributed by atoms with Gasteiger partial charge in [-0.1, -0.05) is 45.0 Å². The Morgan fingerprint density at radius 2 is 1.80 bits per heavy atom. The van der Waals surface area contributed by atoms with Gasteiger partial charge in [0.1, 0.15) is 6.04 Å². The lowest BCUT2D eigenvalue weighted by Crippen LogP contribution is -2.37. The summed E-state index contributed by atoms with van der Waals surface area (Å²) in [5, 5.41) is 19.3. The molecular formula is C18H25N3O4. The van der Waals surface area contributed by atoms with Crippen molar-refractivity contribution in [3.63, 3.8) is 0 Å². The van der Waals surface area contributed by atoms with Crippen LogP contribution in [0.25, 0.3) is 0 Å². The Hall–Kier alpha value is -2.54. The van der Waals surface area contributed by atoms with Gasteiger partial charge in [0.2, 0.25) is 5.88 Å². The molecule has 0 spiro atoms. The van der Waals surface area contributed by atoms with Crippen LogP contribution >= 0.6 is 0 Å². The molecule has 1 aromatic heterocycles. The maximum absolute atomic E-state index is 12.2. The minimum Gasteiger partial charge on any atom is -0.493 e. The Morgan fingerprint density at radius 1 is 1.20 bits per heavy atom. The van der Waals surface area contributed by atoms with Crippen LogP contribution in [0.5, 0.6) is 5.88 Å². The number of nitrogens with zero attached hydrogens (tertiary/aromatic N) is 1. The van der Waals surface area contributed by atoms with E-state index in [1.165, 1.54) is 5.56 Å². The van der Waals surface area contributed by atoms with E-state index in [0.717, 1.165) is 16.6 Å². The van der Waals surface area contributed by atoms with Crippen LogP contribution in [-0.2, 0) is 24.1 Å². The molecule has 4 N–H and O–H groups in total. The third-order valence-electron chi connectivity index (χ3n) is 4.36. The van der Waals surface area contributed by atoms with Gasteiger partial charge in [-0.05, 0) is 36.3 Å². The average molecular weight is 347 g/mol. The third-order valence-corrected chi connectivity index (χ3v) is 4.36. The molecule has 1 amide bonds. The third kappa shape index (κ3) is 4.11. The van der Waals surface area contributed by atoms with Gasteiger partial charge >= 0.3 is 5.69 Å². The highest BCUT2D eigenvalue weighted by Gasteiger charge is 2.29. The number of rotatable bonds is 7. The summed E-state index contributed by atoms with van der Waals surface area (Å²) in [6, 6.07) is 7.18. The summed E-state index contributed by atoms with van der Waals surface area (Å²) in [4.78, 5) is 26.7. The van der Waals surface area contributed by atoms with Crippen molar-refractivity contribution in [1.82, 2.24) is 15.0 Å². The molecular weight excluding hydrogens is 322 g/mol. The molecule has 25 heavy (non-hydrogen) atoms. The molecule has 1 unspecified atom stereocenters. The van der Waals surface area contributed by atoms with Crippen LogP contribution in [0.4, 0.5) is 0 Å². The number of carbonyl (C=O) groups excluding carboxylic acids is 1. The van der Waals surface area contributed by atoms with Crippen molar-refractivity contribution in [1.29, 1.82) is 0 Å². The first-order chi connectivity index (χ1) is 11.9. The number of carbonyl (C=O) groups is 1. The lowest BCUT2D eigenvalue weighted by molar-refractivity contribution is -0.134. The number of H-pyrrole nitrogens is 1. The Kier molecular flexibility index (Phi) is 6.03. The zero-order valence-electron chi connectivity index (χ0n) is 14.7. The second-order valence-corrected chi connectivity index (χ2v) is 6.44. The lowest BCUT2D eigenvalue weighted by atomic mass is 10.0. The Morgan fingerprint density at radius 3 is 2.32 bits per heavy atom. The fourth-order valence-corrected chi connectivity index (χ4v) is 2.91. The Bertz CT molecular complexity index is 775. The molecule has 0 radical (unpaired) electrons. The van der Waals surface area contributed by atoms with E-state index in [1.807, 2.05) is 12.1 Å². The predicted molar refractivity (Wildman–Crippen MR) is 93.7 cm³/mol. The standard InChI is InChI=1S/C18H25N3O4/c1-4-12-5-7-13(8-6-12)9-10-14-17(23)21(18(24)19-14)15(11(2)3)16(22)20-25/h5-8,11,15,23,25H,4,9-10H2,1-3H3,(H,19,24)(H,20,22). The zero-order chi connectivity index (χ0) is 18.6. The lowest BCUT2D eigenvalue weighted by Gasteiger charge is -2.19. The molecule has 0 fully saturated rings. The van der Waals surface area contributed by atoms with Gasteiger partial charge in [0, 0.05) is 0 Å². The van der Waals surface area contributed by atoms with E-state index in [0.29, 0.717) is 18.5 Å². The molecule has 1 aromatic carbocycles. The van der Waals surface area contributed by atoms with Crippen molar-refractivity contribution < 1.29 is 15.1 Å². The number of hydrogen-bond acceptors (Lipinski definition) is 4. The fraction of sp³-hybridized carbons (Fsp3) is 0.444. The number of benzene rings is 1. The molecule has 7 heteroatoms. The average Bonchev–Trinajstić information content (AvgIpc) is 2.88. The van der Waals surface area contributed by atoms with E-state index in [-0.39, 0.29) is 11.8 Å². The minimum atomic E-state index is -0.994. The van der Waals surface area contributed by atoms with Crippen molar-refractivity contribution in [3.05, 3.63) is 51.6 Å². The maximum atomic E-state index is 12.2. The number of nitrogens with one attached hydrogen (secondary N) is 2. The van der Waals surface area contributed by atoms with Gasteiger partial charge in [-0.3, -0.25) is 14.6 Å². The first-order valence-corrected chi connectivity index (χ1v) is 8.43. The summed E-state index contributed by atoms with van der Waals surface area (Å²) in [6.45, 7) is 5.55. The first-order valence-electron chi connectivity index (χ1n) is 8.43. The van der Waals surface area contributed by atoms with E-state index < -0.39 is 17.6 Å². The molecule has 2 aromatic rings. The van der Waals surface area contributed by atoms with E-state index in [4.69, 9.17) is 5.21 Å². The topological polar surface area (TPSA) is 107 Å². The van der Waals surface area contributed by atoms with Crippen LogP contribution in [0.3, 0.4) is 0 Å². The number of aromatic nitrogens is 2. The smallest absolute Gasteiger partial charge is 0.329 e. The maximum Gasteiger partial charge on any atom is 0.329 e. The molecule has 1 atom stereocenters. The van der Waals surface area contributed by atoms with E-state index in [9.17, 15) is 14.7 Å². The highest BCUT2D eigenvalue weighted by atomic mass is 16.5. The van der Waals surface area contributed by atoms with Crippen LogP contribution in [0.2, 0.25) is 0 Å². The van der Waals surface area contributed by atoms with Gasteiger partial charge < -0.3 is 10.1 Å². The summed E-state index contributed by atoms with van der Waals surface area (Å²) in [7, 11) is 0. The highest BCUT2D eigenvalue weighted by Crippen LogP contribution is 2.24. The second kappa shape index (κ2) is 8.02. The van der Waals surface area contributed by atoms with Gasteiger partial charge in [0.05, 0.1) is 5.69 Å². The molecule has 0 aliphatic carbocycles. The van der Waals surface area contributed by atoms with Crippen molar-refractivity contribution in [3.8, 4) is 5.88 Å². The minimum absolute atomic E-state index is 0.266. The monoisotopic (exact) mass is 347 g/mol. The number of hydroxylamine groups is 1. The van der Waals surface area contributed by atoms with Gasteiger partial charge in [-0.15, -0.1) is 0 Å². The molecule has 1 heterocycles. The normalized spacial score (nSPS) is 12.4. The summed E-state index contributed by atoms with van der Waals surface area (Å²) in [5.41, 5.74) is 3.70. The number of aromatic amines is 1. The predicted octanol–water partition coefficient (Wildman–Crippen LogP) is 1.93. The highest BCUT2D eigenvalue weighted by molar-refractivity contribution is 5.79. The number of imidazole rings is 1. The molecule has 0 saturated heterocycles.